The minimum absolute atomic E-state index is 0.470. The van der Waals surface area contributed by atoms with Gasteiger partial charge in [-0.25, -0.2) is 5.10 Å². The predicted molar refractivity (Wildman–Crippen MR) is 111 cm³/mol. The third-order valence-corrected chi connectivity index (χ3v) is 4.53. The van der Waals surface area contributed by atoms with Crippen LogP contribution in [0, 0.1) is 11.7 Å². The van der Waals surface area contributed by atoms with Gasteiger partial charge in [-0.15, -0.1) is 0 Å². The van der Waals surface area contributed by atoms with E-state index in [-0.39, 0.29) is 0 Å². The number of hydrogen-bond donors (Lipinski definition) is 1. The Balaban J connectivity index is 1.87. The van der Waals surface area contributed by atoms with Gasteiger partial charge in [0.05, 0.1) is 6.21 Å². The molecule has 1 heterocycles. The topological polar surface area (TPSA) is 49.2 Å². The molecule has 0 aliphatic heterocycles. The van der Waals surface area contributed by atoms with E-state index in [1.807, 2.05) is 12.1 Å². The molecule has 0 fully saturated rings. The molecule has 0 radical (unpaired) electrons. The van der Waals surface area contributed by atoms with E-state index in [0.29, 0.717) is 10.6 Å². The largest absolute Gasteiger partial charge is 0.372 e. The van der Waals surface area contributed by atoms with Gasteiger partial charge < -0.3 is 4.90 Å². The van der Waals surface area contributed by atoms with Crippen molar-refractivity contribution in [3.05, 3.63) is 64.4 Å². The van der Waals surface area contributed by atoms with Crippen LogP contribution in [0.2, 0.25) is 0 Å². The number of nitrogens with zero attached hydrogens (tertiary/aromatic N) is 4. The van der Waals surface area contributed by atoms with E-state index in [0.717, 1.165) is 24.2 Å². The number of H-pyrrole nitrogens is 1. The van der Waals surface area contributed by atoms with Crippen molar-refractivity contribution in [2.75, 3.05) is 18.0 Å². The number of aromatic nitrogens is 3. The minimum atomic E-state index is 0.470. The lowest BCUT2D eigenvalue weighted by atomic mass is 10.1. The predicted octanol–water partition coefficient (Wildman–Crippen LogP) is 4.64. The first-order valence-corrected chi connectivity index (χ1v) is 9.17. The van der Waals surface area contributed by atoms with Crippen molar-refractivity contribution in [1.29, 1.82) is 0 Å². The molecule has 26 heavy (non-hydrogen) atoms. The molecule has 3 aromatic rings. The van der Waals surface area contributed by atoms with Gasteiger partial charge in [0.15, 0.2) is 5.82 Å². The van der Waals surface area contributed by atoms with Crippen molar-refractivity contribution in [2.45, 2.75) is 20.8 Å². The van der Waals surface area contributed by atoms with Gasteiger partial charge in [-0.1, -0.05) is 35.9 Å². The van der Waals surface area contributed by atoms with Crippen molar-refractivity contribution in [3.8, 4) is 11.4 Å². The van der Waals surface area contributed by atoms with Gasteiger partial charge in [0.2, 0.25) is 4.77 Å². The van der Waals surface area contributed by atoms with E-state index in [1.165, 1.54) is 11.3 Å². The maximum atomic E-state index is 5.33. The van der Waals surface area contributed by atoms with E-state index in [4.69, 9.17) is 12.2 Å². The second-order valence-corrected chi connectivity index (χ2v) is 6.43. The zero-order chi connectivity index (χ0) is 18.5. The van der Waals surface area contributed by atoms with Crippen LogP contribution in [0.4, 0.5) is 5.69 Å². The lowest BCUT2D eigenvalue weighted by Gasteiger charge is -2.20. The van der Waals surface area contributed by atoms with E-state index in [9.17, 15) is 0 Å². The molecule has 134 valence electrons. The minimum Gasteiger partial charge on any atom is -0.372 e. The Kier molecular flexibility index (Phi) is 5.63. The van der Waals surface area contributed by atoms with Crippen molar-refractivity contribution in [2.24, 2.45) is 5.10 Å². The summed E-state index contributed by atoms with van der Waals surface area (Å²) >= 11 is 5.33. The fourth-order valence-corrected chi connectivity index (χ4v) is 3.03. The first-order valence-electron chi connectivity index (χ1n) is 8.76. The van der Waals surface area contributed by atoms with Crippen LogP contribution in [-0.4, -0.2) is 34.2 Å². The Hall–Kier alpha value is -2.73. The van der Waals surface area contributed by atoms with Crippen LogP contribution in [-0.2, 0) is 0 Å². The smallest absolute Gasteiger partial charge is 0.216 e. The number of anilines is 1. The molecule has 0 saturated heterocycles. The van der Waals surface area contributed by atoms with Crippen LogP contribution in [0.5, 0.6) is 0 Å². The van der Waals surface area contributed by atoms with Gasteiger partial charge >= 0.3 is 0 Å². The molecule has 6 heteroatoms. The number of aryl methyl sites for hydroxylation is 1. The van der Waals surface area contributed by atoms with Gasteiger partial charge in [-0.3, -0.25) is 0 Å². The van der Waals surface area contributed by atoms with Gasteiger partial charge in [-0.05, 0) is 56.8 Å². The third kappa shape index (κ3) is 3.91. The molecule has 0 unspecified atom stereocenters. The van der Waals surface area contributed by atoms with E-state index >= 15 is 0 Å². The lowest BCUT2D eigenvalue weighted by molar-refractivity contribution is 0.865. The first-order chi connectivity index (χ1) is 12.6. The molecular formula is C20H23N5S. The Morgan fingerprint density at radius 1 is 1.15 bits per heavy atom. The van der Waals surface area contributed by atoms with Crippen molar-refractivity contribution in [3.63, 3.8) is 0 Å². The Bertz CT molecular complexity index is 949. The summed E-state index contributed by atoms with van der Waals surface area (Å²) in [5.41, 5.74) is 4.37. The summed E-state index contributed by atoms with van der Waals surface area (Å²) < 4.78 is 2.13. The first kappa shape index (κ1) is 18.1. The van der Waals surface area contributed by atoms with Gasteiger partial charge in [0.25, 0.3) is 0 Å². The molecule has 0 spiro atoms. The van der Waals surface area contributed by atoms with E-state index in [1.54, 1.807) is 10.9 Å². The van der Waals surface area contributed by atoms with Crippen LogP contribution in [0.3, 0.4) is 0 Å². The second kappa shape index (κ2) is 8.10. The number of benzene rings is 2. The normalized spacial score (nSPS) is 11.2. The van der Waals surface area contributed by atoms with Crippen molar-refractivity contribution < 1.29 is 0 Å². The average Bonchev–Trinajstić information content (AvgIpc) is 3.03. The van der Waals surface area contributed by atoms with Crippen LogP contribution in [0.25, 0.3) is 11.4 Å². The summed E-state index contributed by atoms with van der Waals surface area (Å²) in [6, 6.07) is 16.5. The molecular weight excluding hydrogens is 342 g/mol. The fraction of sp³-hybridized carbons (Fsp3) is 0.250. The summed E-state index contributed by atoms with van der Waals surface area (Å²) in [5.74, 6) is 0.703. The quantitative estimate of drug-likeness (QED) is 0.511. The zero-order valence-corrected chi connectivity index (χ0v) is 16.1. The number of rotatable bonds is 6. The third-order valence-electron chi connectivity index (χ3n) is 4.27. The molecule has 0 saturated carbocycles. The number of nitrogens with one attached hydrogen (secondary N) is 1. The van der Waals surface area contributed by atoms with Crippen molar-refractivity contribution >= 4 is 24.1 Å². The average molecular weight is 366 g/mol. The SMILES string of the molecule is CCN(CC)c1ccc(/C=N/n2c(-c3cccc(C)c3)n[nH]c2=S)cc1. The van der Waals surface area contributed by atoms with Gasteiger partial charge in [-0.2, -0.15) is 14.9 Å². The summed E-state index contributed by atoms with van der Waals surface area (Å²) in [6.45, 7) is 8.36. The van der Waals surface area contributed by atoms with Crippen LogP contribution < -0.4 is 4.90 Å². The van der Waals surface area contributed by atoms with E-state index in [2.05, 4.69) is 77.4 Å². The maximum Gasteiger partial charge on any atom is 0.216 e. The van der Waals surface area contributed by atoms with Crippen LogP contribution in [0.1, 0.15) is 25.0 Å². The van der Waals surface area contributed by atoms with Crippen LogP contribution >= 0.6 is 12.2 Å². The number of aromatic amines is 1. The number of hydrogen-bond acceptors (Lipinski definition) is 4. The summed E-state index contributed by atoms with van der Waals surface area (Å²) in [6.07, 6.45) is 1.80. The molecule has 0 aliphatic rings. The monoisotopic (exact) mass is 365 g/mol. The highest BCUT2D eigenvalue weighted by atomic mass is 32.1. The molecule has 1 N–H and O–H groups in total. The molecule has 0 atom stereocenters. The van der Waals surface area contributed by atoms with Gasteiger partial charge in [0.1, 0.15) is 0 Å². The Morgan fingerprint density at radius 3 is 2.54 bits per heavy atom. The lowest BCUT2D eigenvalue weighted by Crippen LogP contribution is -2.21. The standard InChI is InChI=1S/C20H23N5S/c1-4-24(5-2)18-11-9-16(10-12-18)14-21-25-19(22-23-20(25)26)17-8-6-7-15(3)13-17/h6-14H,4-5H2,1-3H3,(H,23,26)/b21-14+. The molecule has 3 rings (SSSR count). The Labute approximate surface area is 159 Å². The molecule has 0 bridgehead atoms. The highest BCUT2D eigenvalue weighted by Crippen LogP contribution is 2.19. The maximum absolute atomic E-state index is 5.33. The summed E-state index contributed by atoms with van der Waals surface area (Å²) in [4.78, 5) is 2.31. The summed E-state index contributed by atoms with van der Waals surface area (Å²) in [5, 5.41) is 11.7. The molecule has 0 aliphatic carbocycles. The molecule has 2 aromatic carbocycles. The molecule has 1 aromatic heterocycles. The second-order valence-electron chi connectivity index (χ2n) is 6.04. The van der Waals surface area contributed by atoms with E-state index < -0.39 is 0 Å². The molecule has 0 amide bonds. The van der Waals surface area contributed by atoms with Crippen LogP contribution in [0.15, 0.2) is 53.6 Å². The highest BCUT2D eigenvalue weighted by molar-refractivity contribution is 7.71. The summed E-state index contributed by atoms with van der Waals surface area (Å²) in [7, 11) is 0. The Morgan fingerprint density at radius 2 is 1.88 bits per heavy atom. The molecule has 5 nitrogen and oxygen atoms in total. The van der Waals surface area contributed by atoms with Gasteiger partial charge in [0, 0.05) is 24.3 Å². The highest BCUT2D eigenvalue weighted by Gasteiger charge is 2.08. The zero-order valence-electron chi connectivity index (χ0n) is 15.3. The fourth-order valence-electron chi connectivity index (χ4n) is 2.85. The van der Waals surface area contributed by atoms with Crippen molar-refractivity contribution in [1.82, 2.24) is 14.9 Å².